The Kier molecular flexibility index (Phi) is 5.33. The van der Waals surface area contributed by atoms with Crippen LogP contribution in [0.4, 0.5) is 8.78 Å². The van der Waals surface area contributed by atoms with Crippen LogP contribution in [0, 0.1) is 17.0 Å². The number of benzene rings is 1. The molecule has 2 rings (SSSR count). The van der Waals surface area contributed by atoms with E-state index < -0.39 is 17.5 Å². The highest BCUT2D eigenvalue weighted by atomic mass is 19.1. The average molecular weight is 337 g/mol. The highest BCUT2D eigenvalue weighted by Crippen LogP contribution is 2.21. The van der Waals surface area contributed by atoms with E-state index in [1.807, 2.05) is 20.8 Å². The Morgan fingerprint density at radius 1 is 1.38 bits per heavy atom. The molecule has 1 unspecified atom stereocenters. The van der Waals surface area contributed by atoms with E-state index in [0.717, 1.165) is 12.1 Å². The van der Waals surface area contributed by atoms with Gasteiger partial charge in [-0.25, -0.2) is 13.5 Å². The molecule has 1 amide bonds. The van der Waals surface area contributed by atoms with Gasteiger partial charge in [-0.1, -0.05) is 20.8 Å². The van der Waals surface area contributed by atoms with Gasteiger partial charge in [0, 0.05) is 12.3 Å². The summed E-state index contributed by atoms with van der Waals surface area (Å²) in [6, 6.07) is 2.73. The maximum absolute atomic E-state index is 13.8. The van der Waals surface area contributed by atoms with Gasteiger partial charge in [-0.2, -0.15) is 5.10 Å². The van der Waals surface area contributed by atoms with E-state index in [9.17, 15) is 18.7 Å². The second kappa shape index (κ2) is 7.09. The normalized spacial score (nSPS) is 12.9. The summed E-state index contributed by atoms with van der Waals surface area (Å²) in [5.74, 6) is -1.87. The van der Waals surface area contributed by atoms with Crippen molar-refractivity contribution in [2.24, 2.45) is 5.41 Å². The summed E-state index contributed by atoms with van der Waals surface area (Å²) in [7, 11) is 0. The zero-order valence-electron chi connectivity index (χ0n) is 13.9. The standard InChI is InChI=1S/C17H21F2N3O2/c1-17(2,3)7-13(10-23)21-16(24)11-8-20-22(9-11)15-5-4-12(18)6-14(15)19/h4-6,8-9,13,23H,7,10H2,1-3H3,(H,21,24). The van der Waals surface area contributed by atoms with Crippen molar-refractivity contribution in [1.29, 1.82) is 0 Å². The molecule has 5 nitrogen and oxygen atoms in total. The number of nitrogens with zero attached hydrogens (tertiary/aromatic N) is 2. The van der Waals surface area contributed by atoms with E-state index in [1.165, 1.54) is 23.1 Å². The molecule has 0 saturated carbocycles. The molecule has 1 heterocycles. The minimum atomic E-state index is -0.772. The zero-order valence-corrected chi connectivity index (χ0v) is 13.9. The summed E-state index contributed by atoms with van der Waals surface area (Å²) in [6.45, 7) is 5.86. The van der Waals surface area contributed by atoms with Crippen LogP contribution < -0.4 is 5.32 Å². The van der Waals surface area contributed by atoms with Gasteiger partial charge in [0.1, 0.15) is 11.5 Å². The number of hydrogen-bond acceptors (Lipinski definition) is 3. The molecule has 1 aromatic heterocycles. The number of rotatable bonds is 5. The van der Waals surface area contributed by atoms with Gasteiger partial charge in [0.2, 0.25) is 0 Å². The van der Waals surface area contributed by atoms with Crippen molar-refractivity contribution < 1.29 is 18.7 Å². The van der Waals surface area contributed by atoms with Crippen LogP contribution in [0.5, 0.6) is 0 Å². The summed E-state index contributed by atoms with van der Waals surface area (Å²) in [4.78, 5) is 12.3. The Bertz CT molecular complexity index is 723. The van der Waals surface area contributed by atoms with Crippen LogP contribution in [0.3, 0.4) is 0 Å². The summed E-state index contributed by atoms with van der Waals surface area (Å²) >= 11 is 0. The van der Waals surface area contributed by atoms with Gasteiger partial charge < -0.3 is 10.4 Å². The fraction of sp³-hybridized carbons (Fsp3) is 0.412. The van der Waals surface area contributed by atoms with Gasteiger partial charge in [-0.15, -0.1) is 0 Å². The quantitative estimate of drug-likeness (QED) is 0.881. The highest BCUT2D eigenvalue weighted by molar-refractivity contribution is 5.94. The topological polar surface area (TPSA) is 67.2 Å². The number of carbonyl (C=O) groups is 1. The van der Waals surface area contributed by atoms with Crippen molar-refractivity contribution in [1.82, 2.24) is 15.1 Å². The lowest BCUT2D eigenvalue weighted by atomic mass is 9.88. The largest absolute Gasteiger partial charge is 0.394 e. The van der Waals surface area contributed by atoms with Crippen LogP contribution in [0.1, 0.15) is 37.6 Å². The fourth-order valence-corrected chi connectivity index (χ4v) is 2.41. The molecule has 0 aliphatic carbocycles. The Labute approximate surface area is 139 Å². The summed E-state index contributed by atoms with van der Waals surface area (Å²) < 4.78 is 27.9. The molecule has 0 aliphatic rings. The smallest absolute Gasteiger partial charge is 0.254 e. The molecule has 0 fully saturated rings. The molecule has 1 atom stereocenters. The second-order valence-corrected chi connectivity index (χ2v) is 6.89. The lowest BCUT2D eigenvalue weighted by Gasteiger charge is -2.25. The Balaban J connectivity index is 2.13. The molecular weight excluding hydrogens is 316 g/mol. The molecule has 0 bridgehead atoms. The molecule has 0 spiro atoms. The van der Waals surface area contributed by atoms with Crippen LogP contribution in [-0.4, -0.2) is 33.4 Å². The first-order valence-corrected chi connectivity index (χ1v) is 7.61. The molecule has 0 saturated heterocycles. The SMILES string of the molecule is CC(C)(C)CC(CO)NC(=O)c1cnn(-c2ccc(F)cc2F)c1. The Morgan fingerprint density at radius 3 is 2.67 bits per heavy atom. The third-order valence-corrected chi connectivity index (χ3v) is 3.42. The number of carbonyl (C=O) groups excluding carboxylic acids is 1. The van der Waals surface area contributed by atoms with Gasteiger partial charge in [-0.3, -0.25) is 4.79 Å². The number of halogens is 2. The molecule has 0 radical (unpaired) electrons. The Morgan fingerprint density at radius 2 is 2.08 bits per heavy atom. The van der Waals surface area contributed by atoms with Crippen molar-refractivity contribution in [2.45, 2.75) is 33.2 Å². The molecular formula is C17H21F2N3O2. The van der Waals surface area contributed by atoms with Crippen molar-refractivity contribution >= 4 is 5.91 Å². The van der Waals surface area contributed by atoms with Crippen LogP contribution in [0.15, 0.2) is 30.6 Å². The van der Waals surface area contributed by atoms with E-state index in [-0.39, 0.29) is 29.3 Å². The average Bonchev–Trinajstić information content (AvgIpc) is 2.94. The van der Waals surface area contributed by atoms with Gasteiger partial charge in [-0.05, 0) is 24.0 Å². The predicted molar refractivity (Wildman–Crippen MR) is 85.9 cm³/mol. The molecule has 1 aromatic carbocycles. The van der Waals surface area contributed by atoms with Crippen molar-refractivity contribution in [2.75, 3.05) is 6.61 Å². The maximum Gasteiger partial charge on any atom is 0.254 e. The van der Waals surface area contributed by atoms with E-state index in [4.69, 9.17) is 0 Å². The first-order chi connectivity index (χ1) is 11.2. The number of nitrogens with one attached hydrogen (secondary N) is 1. The molecule has 2 N–H and O–H groups in total. The zero-order chi connectivity index (χ0) is 17.9. The van der Waals surface area contributed by atoms with Gasteiger partial charge in [0.05, 0.1) is 24.4 Å². The fourth-order valence-electron chi connectivity index (χ4n) is 2.41. The van der Waals surface area contributed by atoms with Crippen LogP contribution >= 0.6 is 0 Å². The lowest BCUT2D eigenvalue weighted by Crippen LogP contribution is -2.39. The molecule has 0 aliphatic heterocycles. The van der Waals surface area contributed by atoms with Crippen molar-refractivity contribution in [3.8, 4) is 5.69 Å². The minimum absolute atomic E-state index is 0.0452. The second-order valence-electron chi connectivity index (χ2n) is 6.89. The lowest BCUT2D eigenvalue weighted by molar-refractivity contribution is 0.0897. The van der Waals surface area contributed by atoms with Crippen LogP contribution in [-0.2, 0) is 0 Å². The maximum atomic E-state index is 13.8. The third kappa shape index (κ3) is 4.61. The molecule has 2 aromatic rings. The van der Waals surface area contributed by atoms with Crippen molar-refractivity contribution in [3.05, 3.63) is 47.8 Å². The van der Waals surface area contributed by atoms with E-state index >= 15 is 0 Å². The highest BCUT2D eigenvalue weighted by Gasteiger charge is 2.21. The van der Waals surface area contributed by atoms with E-state index in [2.05, 4.69) is 10.4 Å². The predicted octanol–water partition coefficient (Wildman–Crippen LogP) is 2.68. The molecule has 7 heteroatoms. The first-order valence-electron chi connectivity index (χ1n) is 7.61. The number of hydrogen-bond donors (Lipinski definition) is 2. The summed E-state index contributed by atoms with van der Waals surface area (Å²) in [5, 5.41) is 16.1. The van der Waals surface area contributed by atoms with Crippen LogP contribution in [0.25, 0.3) is 5.69 Å². The van der Waals surface area contributed by atoms with Crippen molar-refractivity contribution in [3.63, 3.8) is 0 Å². The number of amides is 1. The minimum Gasteiger partial charge on any atom is -0.394 e. The Hall–Kier alpha value is -2.28. The third-order valence-electron chi connectivity index (χ3n) is 3.42. The van der Waals surface area contributed by atoms with E-state index in [0.29, 0.717) is 6.42 Å². The molecule has 24 heavy (non-hydrogen) atoms. The molecule has 130 valence electrons. The summed E-state index contributed by atoms with van der Waals surface area (Å²) in [5.41, 5.74) is 0.220. The van der Waals surface area contributed by atoms with E-state index in [1.54, 1.807) is 0 Å². The number of aliphatic hydroxyl groups excluding tert-OH is 1. The van der Waals surface area contributed by atoms with Gasteiger partial charge in [0.15, 0.2) is 5.82 Å². The first kappa shape index (κ1) is 18.1. The number of aromatic nitrogens is 2. The monoisotopic (exact) mass is 337 g/mol. The number of aliphatic hydroxyl groups is 1. The van der Waals surface area contributed by atoms with Gasteiger partial charge in [0.25, 0.3) is 5.91 Å². The summed E-state index contributed by atoms with van der Waals surface area (Å²) in [6.07, 6.45) is 3.26. The van der Waals surface area contributed by atoms with Crippen LogP contribution in [0.2, 0.25) is 0 Å². The van der Waals surface area contributed by atoms with Gasteiger partial charge >= 0.3 is 0 Å².